The molecule has 0 bridgehead atoms. The first-order chi connectivity index (χ1) is 13.6. The molecule has 11 heteroatoms. The number of nitrogens with zero attached hydrogens (tertiary/aromatic N) is 2. The molecular weight excluding hydrogens is 399 g/mol. The Hall–Kier alpha value is -3.20. The minimum Gasteiger partial charge on any atom is -0.316 e. The number of benzene rings is 2. The van der Waals surface area contributed by atoms with E-state index in [4.69, 9.17) is 0 Å². The number of nitro groups is 1. The molecule has 0 saturated heterocycles. The van der Waals surface area contributed by atoms with Crippen LogP contribution >= 0.6 is 7.72 Å². The molecule has 1 heterocycles. The van der Waals surface area contributed by atoms with Crippen LogP contribution in [0, 0.1) is 10.1 Å². The van der Waals surface area contributed by atoms with Gasteiger partial charge in [0.05, 0.1) is 28.2 Å². The van der Waals surface area contributed by atoms with Crippen molar-refractivity contribution in [3.63, 3.8) is 0 Å². The molecule has 10 nitrogen and oxygen atoms in total. The third-order valence-corrected chi connectivity index (χ3v) is 5.00. The average Bonchev–Trinajstić information content (AvgIpc) is 2.65. The lowest BCUT2D eigenvalue weighted by Crippen LogP contribution is -2.29. The lowest BCUT2D eigenvalue weighted by molar-refractivity contribution is -0.384. The van der Waals surface area contributed by atoms with Crippen LogP contribution in [0.3, 0.4) is 0 Å². The second kappa shape index (κ2) is 8.04. The summed E-state index contributed by atoms with van der Waals surface area (Å²) in [6, 6.07) is 11.3. The van der Waals surface area contributed by atoms with Crippen molar-refractivity contribution in [3.8, 4) is 0 Å². The Morgan fingerprint density at radius 3 is 2.41 bits per heavy atom. The molecule has 0 aliphatic heterocycles. The Morgan fingerprint density at radius 1 is 1.14 bits per heavy atom. The zero-order chi connectivity index (χ0) is 21.2. The van der Waals surface area contributed by atoms with Gasteiger partial charge in [-0.25, -0.2) is 9.79 Å². The SMILES string of the molecule is C[P+](O)(O)CC(=NCc1cc([N+](=O)[O-])cc2[nH]c(=O)c(=O)[nH]c12)c1ccccc1. The van der Waals surface area contributed by atoms with Crippen LogP contribution in [0.2, 0.25) is 0 Å². The van der Waals surface area contributed by atoms with E-state index < -0.39 is 23.8 Å². The average molecular weight is 417 g/mol. The summed E-state index contributed by atoms with van der Waals surface area (Å²) in [5, 5.41) is 11.2. The van der Waals surface area contributed by atoms with Gasteiger partial charge in [-0.05, 0) is 5.56 Å². The third kappa shape index (κ3) is 5.00. The molecule has 0 aliphatic carbocycles. The van der Waals surface area contributed by atoms with E-state index in [9.17, 15) is 29.5 Å². The Kier molecular flexibility index (Phi) is 5.69. The number of H-pyrrole nitrogens is 2. The van der Waals surface area contributed by atoms with Gasteiger partial charge in [0.1, 0.15) is 6.66 Å². The fourth-order valence-electron chi connectivity index (χ4n) is 2.84. The fourth-order valence-corrected chi connectivity index (χ4v) is 3.69. The molecular formula is C18H18N4O6P+. The van der Waals surface area contributed by atoms with Crippen LogP contribution in [0.25, 0.3) is 11.0 Å². The van der Waals surface area contributed by atoms with Gasteiger partial charge < -0.3 is 9.97 Å². The van der Waals surface area contributed by atoms with Gasteiger partial charge in [-0.2, -0.15) is 0 Å². The molecule has 3 aromatic rings. The smallest absolute Gasteiger partial charge is 0.314 e. The number of aliphatic imine (C=N–C) groups is 1. The fraction of sp³-hybridized carbons (Fsp3) is 0.167. The van der Waals surface area contributed by atoms with Crippen LogP contribution in [0.15, 0.2) is 57.0 Å². The largest absolute Gasteiger partial charge is 0.316 e. The second-order valence-electron chi connectivity index (χ2n) is 6.57. The van der Waals surface area contributed by atoms with Crippen molar-refractivity contribution in [3.05, 3.63) is 84.4 Å². The van der Waals surface area contributed by atoms with Gasteiger partial charge in [0, 0.05) is 17.7 Å². The van der Waals surface area contributed by atoms with Crippen molar-refractivity contribution in [1.29, 1.82) is 0 Å². The second-order valence-corrected chi connectivity index (χ2v) is 9.06. The van der Waals surface area contributed by atoms with Gasteiger partial charge in [0.2, 0.25) is 0 Å². The molecule has 0 amide bonds. The molecule has 0 radical (unpaired) electrons. The normalized spacial score (nSPS) is 12.3. The van der Waals surface area contributed by atoms with Crippen LogP contribution < -0.4 is 11.1 Å². The van der Waals surface area contributed by atoms with Crippen LogP contribution in [0.4, 0.5) is 5.69 Å². The van der Waals surface area contributed by atoms with Crippen molar-refractivity contribution in [1.82, 2.24) is 9.97 Å². The zero-order valence-electron chi connectivity index (χ0n) is 15.3. The van der Waals surface area contributed by atoms with Gasteiger partial charge in [-0.1, -0.05) is 30.3 Å². The van der Waals surface area contributed by atoms with Crippen LogP contribution in [0.5, 0.6) is 0 Å². The predicted molar refractivity (Wildman–Crippen MR) is 111 cm³/mol. The number of fused-ring (bicyclic) bond motifs is 1. The van der Waals surface area contributed by atoms with Crippen molar-refractivity contribution in [2.24, 2.45) is 4.99 Å². The lowest BCUT2D eigenvalue weighted by atomic mass is 10.1. The number of rotatable bonds is 6. The summed E-state index contributed by atoms with van der Waals surface area (Å²) >= 11 is 0. The van der Waals surface area contributed by atoms with Gasteiger partial charge in [-0.3, -0.25) is 24.7 Å². The lowest BCUT2D eigenvalue weighted by Gasteiger charge is -2.11. The summed E-state index contributed by atoms with van der Waals surface area (Å²) in [6.45, 7) is 1.25. The Labute approximate surface area is 164 Å². The van der Waals surface area contributed by atoms with Crippen LogP contribution in [0.1, 0.15) is 11.1 Å². The van der Waals surface area contributed by atoms with Gasteiger partial charge in [0.15, 0.2) is 6.16 Å². The minimum absolute atomic E-state index is 0.0722. The topological polar surface area (TPSA) is 162 Å². The first-order valence-corrected chi connectivity index (χ1v) is 10.8. The van der Waals surface area contributed by atoms with E-state index in [1.165, 1.54) is 12.7 Å². The summed E-state index contributed by atoms with van der Waals surface area (Å²) in [4.78, 5) is 62.9. The molecule has 0 spiro atoms. The first kappa shape index (κ1) is 20.5. The van der Waals surface area contributed by atoms with E-state index in [1.54, 1.807) is 24.3 Å². The molecule has 1 aromatic heterocycles. The molecule has 4 N–H and O–H groups in total. The van der Waals surface area contributed by atoms with Crippen molar-refractivity contribution in [2.75, 3.05) is 12.8 Å². The number of nitro benzene ring substituents is 1. The van der Waals surface area contributed by atoms with Gasteiger partial charge >= 0.3 is 11.1 Å². The summed E-state index contributed by atoms with van der Waals surface area (Å²) in [5.74, 6) is 0. The van der Waals surface area contributed by atoms with Crippen molar-refractivity contribution >= 4 is 30.1 Å². The number of aromatic amines is 2. The summed E-state index contributed by atoms with van der Waals surface area (Å²) in [5.41, 5.74) is -0.335. The summed E-state index contributed by atoms with van der Waals surface area (Å²) < 4.78 is 0. The highest BCUT2D eigenvalue weighted by molar-refractivity contribution is 7.64. The standard InChI is InChI=1S/C18H17N4O6P/c1-29(27,28)10-15(11-5-3-2-4-6-11)19-9-12-7-13(22(25)26)8-14-16(12)21-18(24)17(23)20-14/h2-8,27-28H,9-10H2,1H3,(H-,20,21,23,24)/p+1. The first-order valence-electron chi connectivity index (χ1n) is 8.47. The Bertz CT molecular complexity index is 1210. The van der Waals surface area contributed by atoms with Crippen LogP contribution in [-0.4, -0.2) is 43.2 Å². The van der Waals surface area contributed by atoms with Crippen molar-refractivity contribution < 1.29 is 14.7 Å². The van der Waals surface area contributed by atoms with Gasteiger partial charge in [0.25, 0.3) is 13.4 Å². The summed E-state index contributed by atoms with van der Waals surface area (Å²) in [6.07, 6.45) is -0.0722. The molecule has 3 rings (SSSR count). The highest BCUT2D eigenvalue weighted by Crippen LogP contribution is 2.45. The number of hydrogen-bond donors (Lipinski definition) is 4. The maximum Gasteiger partial charge on any atom is 0.314 e. The quantitative estimate of drug-likeness (QED) is 0.156. The monoisotopic (exact) mass is 417 g/mol. The predicted octanol–water partition coefficient (Wildman–Crippen LogP) is 1.58. The number of nitrogens with one attached hydrogen (secondary N) is 2. The highest BCUT2D eigenvalue weighted by atomic mass is 31.2. The maximum absolute atomic E-state index is 11.7. The molecule has 0 saturated carbocycles. The van der Waals surface area contributed by atoms with E-state index in [1.807, 2.05) is 6.07 Å². The van der Waals surface area contributed by atoms with E-state index in [0.717, 1.165) is 6.07 Å². The number of hydrogen-bond acceptors (Lipinski definition) is 7. The number of aromatic nitrogens is 2. The third-order valence-electron chi connectivity index (χ3n) is 4.11. The maximum atomic E-state index is 11.7. The zero-order valence-corrected chi connectivity index (χ0v) is 16.2. The Morgan fingerprint density at radius 2 is 1.79 bits per heavy atom. The number of non-ortho nitro benzene ring substituents is 1. The highest BCUT2D eigenvalue weighted by Gasteiger charge is 2.28. The molecule has 0 atom stereocenters. The molecule has 0 unspecified atom stereocenters. The van der Waals surface area contributed by atoms with E-state index in [0.29, 0.717) is 16.8 Å². The van der Waals surface area contributed by atoms with E-state index in [2.05, 4.69) is 15.0 Å². The van der Waals surface area contributed by atoms with Crippen molar-refractivity contribution in [2.45, 2.75) is 6.54 Å². The molecule has 2 aromatic carbocycles. The molecule has 0 aliphatic rings. The van der Waals surface area contributed by atoms with Gasteiger partial charge in [-0.15, -0.1) is 0 Å². The van der Waals surface area contributed by atoms with E-state index in [-0.39, 0.29) is 29.4 Å². The molecule has 150 valence electrons. The molecule has 0 fully saturated rings. The Balaban J connectivity index is 2.13. The van der Waals surface area contributed by atoms with Crippen LogP contribution in [-0.2, 0) is 6.54 Å². The summed E-state index contributed by atoms with van der Waals surface area (Å²) in [7, 11) is -3.19. The molecule has 29 heavy (non-hydrogen) atoms. The van der Waals surface area contributed by atoms with E-state index >= 15 is 0 Å². The minimum atomic E-state index is -3.19.